The number of hydrogen-bond donors (Lipinski definition) is 1. The van der Waals surface area contributed by atoms with E-state index in [1.165, 1.54) is 6.92 Å². The number of nitrogens with one attached hydrogen (secondary N) is 1. The highest BCUT2D eigenvalue weighted by molar-refractivity contribution is 5.98. The Morgan fingerprint density at radius 3 is 2.22 bits per heavy atom. The number of ketones is 1. The molecule has 1 atom stereocenters. The molecule has 1 N–H and O–H groups in total. The van der Waals surface area contributed by atoms with E-state index in [0.29, 0.717) is 11.3 Å². The zero-order valence-corrected chi connectivity index (χ0v) is 11.4. The molecular formula is C14H20N2O2. The second-order valence-corrected chi connectivity index (χ2v) is 4.79. The first-order valence-electron chi connectivity index (χ1n) is 5.96. The Kier molecular flexibility index (Phi) is 5.04. The molecule has 0 aliphatic rings. The molecule has 0 unspecified atom stereocenters. The molecule has 0 heterocycles. The van der Waals surface area contributed by atoms with Gasteiger partial charge in [-0.3, -0.25) is 9.59 Å². The van der Waals surface area contributed by atoms with Gasteiger partial charge in [-0.2, -0.15) is 0 Å². The fourth-order valence-corrected chi connectivity index (χ4v) is 1.84. The van der Waals surface area contributed by atoms with Gasteiger partial charge in [-0.15, -0.1) is 0 Å². The molecule has 1 amide bonds. The number of hydrogen-bond acceptors (Lipinski definition) is 3. The Labute approximate surface area is 108 Å². The number of rotatable bonds is 5. The SMILES string of the molecule is CC(=O)Nc1ccc(C(=O)[C@@H](C)CN(C)C)cc1. The Morgan fingerprint density at radius 1 is 1.22 bits per heavy atom. The highest BCUT2D eigenvalue weighted by Gasteiger charge is 2.15. The molecule has 0 aliphatic heterocycles. The molecule has 0 aliphatic carbocycles. The van der Waals surface area contributed by atoms with Crippen LogP contribution in [-0.2, 0) is 4.79 Å². The molecule has 18 heavy (non-hydrogen) atoms. The zero-order chi connectivity index (χ0) is 13.7. The maximum Gasteiger partial charge on any atom is 0.221 e. The molecular weight excluding hydrogens is 228 g/mol. The van der Waals surface area contributed by atoms with E-state index in [1.54, 1.807) is 24.3 Å². The highest BCUT2D eigenvalue weighted by Crippen LogP contribution is 2.14. The van der Waals surface area contributed by atoms with Crippen LogP contribution < -0.4 is 5.32 Å². The van der Waals surface area contributed by atoms with Crippen LogP contribution in [0.3, 0.4) is 0 Å². The second kappa shape index (κ2) is 6.31. The van der Waals surface area contributed by atoms with Gasteiger partial charge in [0.15, 0.2) is 5.78 Å². The first kappa shape index (κ1) is 14.4. The first-order chi connectivity index (χ1) is 8.40. The van der Waals surface area contributed by atoms with Crippen molar-refractivity contribution in [2.45, 2.75) is 13.8 Å². The molecule has 0 saturated heterocycles. The van der Waals surface area contributed by atoms with Gasteiger partial charge in [-0.05, 0) is 38.4 Å². The van der Waals surface area contributed by atoms with Crippen molar-refractivity contribution in [3.8, 4) is 0 Å². The molecule has 98 valence electrons. The number of anilines is 1. The Bertz CT molecular complexity index is 424. The topological polar surface area (TPSA) is 49.4 Å². The van der Waals surface area contributed by atoms with Crippen molar-refractivity contribution in [2.75, 3.05) is 26.0 Å². The van der Waals surface area contributed by atoms with Crippen LogP contribution in [0.4, 0.5) is 5.69 Å². The Morgan fingerprint density at radius 2 is 1.78 bits per heavy atom. The monoisotopic (exact) mass is 248 g/mol. The van der Waals surface area contributed by atoms with E-state index in [-0.39, 0.29) is 17.6 Å². The van der Waals surface area contributed by atoms with Crippen LogP contribution in [0.15, 0.2) is 24.3 Å². The molecule has 1 aromatic rings. The number of amides is 1. The number of nitrogens with zero attached hydrogens (tertiary/aromatic N) is 1. The van der Waals surface area contributed by atoms with Crippen molar-refractivity contribution in [3.05, 3.63) is 29.8 Å². The van der Waals surface area contributed by atoms with E-state index in [1.807, 2.05) is 25.9 Å². The second-order valence-electron chi connectivity index (χ2n) is 4.79. The summed E-state index contributed by atoms with van der Waals surface area (Å²) in [5.74, 6) is -0.0280. The standard InChI is InChI=1S/C14H20N2O2/c1-10(9-16(3)4)14(18)12-5-7-13(8-6-12)15-11(2)17/h5-8,10H,9H2,1-4H3,(H,15,17)/t10-/m0/s1. The fraction of sp³-hybridized carbons (Fsp3) is 0.429. The quantitative estimate of drug-likeness (QED) is 0.811. The van der Waals surface area contributed by atoms with Crippen LogP contribution in [0.2, 0.25) is 0 Å². The van der Waals surface area contributed by atoms with E-state index in [2.05, 4.69) is 5.32 Å². The molecule has 0 radical (unpaired) electrons. The lowest BCUT2D eigenvalue weighted by Crippen LogP contribution is -2.25. The van der Waals surface area contributed by atoms with Gasteiger partial charge in [0, 0.05) is 30.6 Å². The predicted molar refractivity (Wildman–Crippen MR) is 72.8 cm³/mol. The van der Waals surface area contributed by atoms with Crippen LogP contribution in [0.5, 0.6) is 0 Å². The molecule has 1 rings (SSSR count). The molecule has 4 nitrogen and oxygen atoms in total. The summed E-state index contributed by atoms with van der Waals surface area (Å²) in [6.45, 7) is 4.11. The number of carbonyl (C=O) groups is 2. The van der Waals surface area contributed by atoms with Crippen LogP contribution in [0, 0.1) is 5.92 Å². The maximum atomic E-state index is 12.1. The summed E-state index contributed by atoms with van der Waals surface area (Å²) in [5, 5.41) is 2.67. The van der Waals surface area contributed by atoms with E-state index >= 15 is 0 Å². The van der Waals surface area contributed by atoms with Gasteiger partial charge in [0.2, 0.25) is 5.91 Å². The molecule has 0 spiro atoms. The summed E-state index contributed by atoms with van der Waals surface area (Å²) in [6, 6.07) is 6.99. The molecule has 0 saturated carbocycles. The van der Waals surface area contributed by atoms with Crippen LogP contribution in [0.1, 0.15) is 24.2 Å². The lowest BCUT2D eigenvalue weighted by atomic mass is 9.99. The molecule has 0 bridgehead atoms. The minimum Gasteiger partial charge on any atom is -0.326 e. The average molecular weight is 248 g/mol. The van der Waals surface area contributed by atoms with Crippen molar-refractivity contribution in [2.24, 2.45) is 5.92 Å². The zero-order valence-electron chi connectivity index (χ0n) is 11.4. The summed E-state index contributed by atoms with van der Waals surface area (Å²) in [7, 11) is 3.90. The fourth-order valence-electron chi connectivity index (χ4n) is 1.84. The number of carbonyl (C=O) groups excluding carboxylic acids is 2. The van der Waals surface area contributed by atoms with Crippen molar-refractivity contribution >= 4 is 17.4 Å². The maximum absolute atomic E-state index is 12.1. The highest BCUT2D eigenvalue weighted by atomic mass is 16.1. The third-order valence-corrected chi connectivity index (χ3v) is 2.58. The van der Waals surface area contributed by atoms with Gasteiger partial charge in [0.05, 0.1) is 0 Å². The average Bonchev–Trinajstić information content (AvgIpc) is 2.27. The van der Waals surface area contributed by atoms with Gasteiger partial charge in [-0.1, -0.05) is 6.92 Å². The van der Waals surface area contributed by atoms with Crippen LogP contribution in [0.25, 0.3) is 0 Å². The van der Waals surface area contributed by atoms with Gasteiger partial charge < -0.3 is 10.2 Å². The molecule has 0 fully saturated rings. The molecule has 1 aromatic carbocycles. The van der Waals surface area contributed by atoms with Gasteiger partial charge in [0.1, 0.15) is 0 Å². The van der Waals surface area contributed by atoms with E-state index in [4.69, 9.17) is 0 Å². The summed E-state index contributed by atoms with van der Waals surface area (Å²) < 4.78 is 0. The third-order valence-electron chi connectivity index (χ3n) is 2.58. The smallest absolute Gasteiger partial charge is 0.221 e. The molecule has 4 heteroatoms. The third kappa shape index (κ3) is 4.30. The largest absolute Gasteiger partial charge is 0.326 e. The van der Waals surface area contributed by atoms with E-state index in [0.717, 1.165) is 6.54 Å². The van der Waals surface area contributed by atoms with E-state index < -0.39 is 0 Å². The Balaban J connectivity index is 2.72. The minimum absolute atomic E-state index is 0.0355. The van der Waals surface area contributed by atoms with Crippen molar-refractivity contribution < 1.29 is 9.59 Å². The normalized spacial score (nSPS) is 12.3. The van der Waals surface area contributed by atoms with Gasteiger partial charge in [-0.25, -0.2) is 0 Å². The summed E-state index contributed by atoms with van der Waals surface area (Å²) in [6.07, 6.45) is 0. The van der Waals surface area contributed by atoms with Gasteiger partial charge in [0.25, 0.3) is 0 Å². The van der Waals surface area contributed by atoms with Crippen LogP contribution >= 0.6 is 0 Å². The minimum atomic E-state index is -0.116. The van der Waals surface area contributed by atoms with Gasteiger partial charge >= 0.3 is 0 Å². The lowest BCUT2D eigenvalue weighted by molar-refractivity contribution is -0.114. The lowest BCUT2D eigenvalue weighted by Gasteiger charge is -2.15. The summed E-state index contributed by atoms with van der Waals surface area (Å²) >= 11 is 0. The van der Waals surface area contributed by atoms with Crippen molar-refractivity contribution in [3.63, 3.8) is 0 Å². The van der Waals surface area contributed by atoms with Crippen LogP contribution in [-0.4, -0.2) is 37.2 Å². The first-order valence-corrected chi connectivity index (χ1v) is 5.96. The number of benzene rings is 1. The molecule has 0 aromatic heterocycles. The predicted octanol–water partition coefficient (Wildman–Crippen LogP) is 2.03. The van der Waals surface area contributed by atoms with Crippen molar-refractivity contribution in [1.82, 2.24) is 4.90 Å². The van der Waals surface area contributed by atoms with E-state index in [9.17, 15) is 9.59 Å². The summed E-state index contributed by atoms with van der Waals surface area (Å²) in [5.41, 5.74) is 1.39. The summed E-state index contributed by atoms with van der Waals surface area (Å²) in [4.78, 5) is 25.0. The Hall–Kier alpha value is -1.68. The number of Topliss-reactive ketones (excluding diaryl/α,β-unsaturated/α-hetero) is 1. The van der Waals surface area contributed by atoms with Crippen molar-refractivity contribution in [1.29, 1.82) is 0 Å².